The Morgan fingerprint density at radius 1 is 1.17 bits per heavy atom. The van der Waals surface area contributed by atoms with Crippen LogP contribution in [0, 0.1) is 0 Å². The highest BCUT2D eigenvalue weighted by molar-refractivity contribution is 5.75. The molecule has 24 heavy (non-hydrogen) atoms. The normalized spacial score (nSPS) is 16.9. The fourth-order valence-electron chi connectivity index (χ4n) is 3.75. The maximum Gasteiger partial charge on any atom is 0.140 e. The van der Waals surface area contributed by atoms with Gasteiger partial charge in [0.15, 0.2) is 0 Å². The van der Waals surface area contributed by atoms with Crippen LogP contribution in [0.5, 0.6) is 0 Å². The molecule has 0 radical (unpaired) electrons. The van der Waals surface area contributed by atoms with Crippen molar-refractivity contribution < 1.29 is 0 Å². The predicted octanol–water partition coefficient (Wildman–Crippen LogP) is 2.56. The molecule has 126 valence electrons. The molecule has 1 saturated heterocycles. The zero-order chi connectivity index (χ0) is 16.5. The van der Waals surface area contributed by atoms with Gasteiger partial charge in [-0.15, -0.1) is 0 Å². The Balaban J connectivity index is 1.45. The molecule has 0 aliphatic carbocycles. The average molecular weight is 324 g/mol. The molecule has 0 spiro atoms. The minimum atomic E-state index is 0.544. The summed E-state index contributed by atoms with van der Waals surface area (Å²) >= 11 is 0. The second kappa shape index (κ2) is 6.36. The Labute approximate surface area is 142 Å². The number of imidazole rings is 1. The van der Waals surface area contributed by atoms with Crippen molar-refractivity contribution in [1.29, 1.82) is 0 Å². The van der Waals surface area contributed by atoms with Gasteiger partial charge in [0, 0.05) is 19.5 Å². The van der Waals surface area contributed by atoms with E-state index in [4.69, 9.17) is 4.98 Å². The largest absolute Gasteiger partial charge is 0.331 e. The molecule has 0 saturated carbocycles. The molecule has 1 fully saturated rings. The van der Waals surface area contributed by atoms with Gasteiger partial charge in [-0.3, -0.25) is 4.90 Å². The van der Waals surface area contributed by atoms with Crippen LogP contribution in [0.4, 0.5) is 0 Å². The summed E-state index contributed by atoms with van der Waals surface area (Å²) in [5.74, 6) is 2.84. The molecular formula is C18H24N6. The number of para-hydroxylation sites is 2. The average Bonchev–Trinajstić information content (AvgIpc) is 3.20. The zero-order valence-electron chi connectivity index (χ0n) is 14.4. The highest BCUT2D eigenvalue weighted by Gasteiger charge is 2.25. The molecule has 6 heteroatoms. The van der Waals surface area contributed by atoms with Crippen LogP contribution in [0.2, 0.25) is 0 Å². The van der Waals surface area contributed by atoms with Crippen molar-refractivity contribution in [3.63, 3.8) is 0 Å². The molecule has 6 nitrogen and oxygen atoms in total. The van der Waals surface area contributed by atoms with E-state index in [-0.39, 0.29) is 0 Å². The van der Waals surface area contributed by atoms with Crippen molar-refractivity contribution in [1.82, 2.24) is 29.2 Å². The van der Waals surface area contributed by atoms with Crippen molar-refractivity contribution in [3.8, 4) is 0 Å². The summed E-state index contributed by atoms with van der Waals surface area (Å²) in [6.45, 7) is 6.06. The molecule has 1 aromatic carbocycles. The molecule has 3 heterocycles. The van der Waals surface area contributed by atoms with Gasteiger partial charge in [0.25, 0.3) is 0 Å². The lowest BCUT2D eigenvalue weighted by molar-refractivity contribution is 0.193. The molecule has 0 N–H and O–H groups in total. The van der Waals surface area contributed by atoms with E-state index in [9.17, 15) is 0 Å². The van der Waals surface area contributed by atoms with E-state index in [1.807, 2.05) is 4.68 Å². The van der Waals surface area contributed by atoms with Crippen LogP contribution in [0.25, 0.3) is 11.0 Å². The first kappa shape index (κ1) is 15.3. The molecule has 0 bridgehead atoms. The molecule has 0 atom stereocenters. The van der Waals surface area contributed by atoms with Crippen LogP contribution in [-0.4, -0.2) is 42.3 Å². The van der Waals surface area contributed by atoms with Gasteiger partial charge in [-0.25, -0.2) is 14.6 Å². The number of nitrogens with zero attached hydrogens (tertiary/aromatic N) is 6. The van der Waals surface area contributed by atoms with Crippen LogP contribution in [0.15, 0.2) is 30.6 Å². The third-order valence-electron chi connectivity index (χ3n) is 5.13. The van der Waals surface area contributed by atoms with Gasteiger partial charge < -0.3 is 4.57 Å². The van der Waals surface area contributed by atoms with Crippen LogP contribution < -0.4 is 0 Å². The molecule has 0 unspecified atom stereocenters. The first-order valence-corrected chi connectivity index (χ1v) is 8.76. The van der Waals surface area contributed by atoms with E-state index in [2.05, 4.69) is 57.8 Å². The van der Waals surface area contributed by atoms with Crippen molar-refractivity contribution in [2.75, 3.05) is 13.1 Å². The van der Waals surface area contributed by atoms with Crippen molar-refractivity contribution >= 4 is 11.0 Å². The lowest BCUT2D eigenvalue weighted by Crippen LogP contribution is -2.34. The van der Waals surface area contributed by atoms with E-state index < -0.39 is 0 Å². The fraction of sp³-hybridized carbons (Fsp3) is 0.500. The van der Waals surface area contributed by atoms with Crippen molar-refractivity contribution in [3.05, 3.63) is 42.2 Å². The Morgan fingerprint density at radius 3 is 2.71 bits per heavy atom. The summed E-state index contributed by atoms with van der Waals surface area (Å²) in [4.78, 5) is 11.8. The van der Waals surface area contributed by atoms with Gasteiger partial charge in [0.2, 0.25) is 0 Å². The van der Waals surface area contributed by atoms with Crippen LogP contribution in [0.1, 0.15) is 37.3 Å². The van der Waals surface area contributed by atoms with Crippen LogP contribution in [0.3, 0.4) is 0 Å². The number of aromatic nitrogens is 5. The molecule has 1 aliphatic rings. The summed E-state index contributed by atoms with van der Waals surface area (Å²) in [6, 6.07) is 8.40. The molecule has 4 rings (SSSR count). The van der Waals surface area contributed by atoms with E-state index >= 15 is 0 Å². The fourth-order valence-corrected chi connectivity index (χ4v) is 3.75. The molecule has 1 aliphatic heterocycles. The smallest absolute Gasteiger partial charge is 0.140 e. The third-order valence-corrected chi connectivity index (χ3v) is 5.13. The molecule has 3 aromatic rings. The molecule has 2 aromatic heterocycles. The van der Waals surface area contributed by atoms with Gasteiger partial charge in [-0.05, 0) is 45.0 Å². The Hall–Kier alpha value is -2.21. The molecule has 0 amide bonds. The topological polar surface area (TPSA) is 51.8 Å². The number of likely N-dealkylation sites (tertiary alicyclic amines) is 1. The quantitative estimate of drug-likeness (QED) is 0.740. The SMILES string of the molecule is CCn1ncnc1CN1CCC(c2nc3ccccc3n2C)CC1. The second-order valence-corrected chi connectivity index (χ2v) is 6.56. The van der Waals surface area contributed by atoms with Gasteiger partial charge in [0.1, 0.15) is 18.0 Å². The number of rotatable bonds is 4. The van der Waals surface area contributed by atoms with Crippen LogP contribution >= 0.6 is 0 Å². The third kappa shape index (κ3) is 2.71. The van der Waals surface area contributed by atoms with Gasteiger partial charge in [-0.2, -0.15) is 5.10 Å². The monoisotopic (exact) mass is 324 g/mol. The summed E-state index contributed by atoms with van der Waals surface area (Å²) in [7, 11) is 2.14. The summed E-state index contributed by atoms with van der Waals surface area (Å²) < 4.78 is 4.25. The van der Waals surface area contributed by atoms with Crippen LogP contribution in [-0.2, 0) is 20.1 Å². The maximum absolute atomic E-state index is 4.88. The first-order valence-electron chi connectivity index (χ1n) is 8.76. The van der Waals surface area contributed by atoms with Gasteiger partial charge >= 0.3 is 0 Å². The Kier molecular flexibility index (Phi) is 4.06. The van der Waals surface area contributed by atoms with Gasteiger partial charge in [-0.1, -0.05) is 12.1 Å². The number of hydrogen-bond acceptors (Lipinski definition) is 4. The van der Waals surface area contributed by atoms with Gasteiger partial charge in [0.05, 0.1) is 17.6 Å². The standard InChI is InChI=1S/C18H24N6/c1-3-24-17(19-13-20-24)12-23-10-8-14(9-11-23)18-21-15-6-4-5-7-16(15)22(18)2/h4-7,13-14H,3,8-12H2,1-2H3. The second-order valence-electron chi connectivity index (χ2n) is 6.56. The lowest BCUT2D eigenvalue weighted by atomic mass is 9.96. The Morgan fingerprint density at radius 2 is 1.96 bits per heavy atom. The number of aryl methyl sites for hydroxylation is 2. The highest BCUT2D eigenvalue weighted by Crippen LogP contribution is 2.29. The number of fused-ring (bicyclic) bond motifs is 1. The highest BCUT2D eigenvalue weighted by atomic mass is 15.3. The lowest BCUT2D eigenvalue weighted by Gasteiger charge is -2.31. The summed E-state index contributed by atoms with van der Waals surface area (Å²) in [5, 5.41) is 4.26. The minimum absolute atomic E-state index is 0.544. The van der Waals surface area contributed by atoms with E-state index in [1.54, 1.807) is 6.33 Å². The maximum atomic E-state index is 4.88. The zero-order valence-corrected chi connectivity index (χ0v) is 14.4. The molecular weight excluding hydrogens is 300 g/mol. The predicted molar refractivity (Wildman–Crippen MR) is 93.7 cm³/mol. The summed E-state index contributed by atoms with van der Waals surface area (Å²) in [6.07, 6.45) is 3.96. The Bertz CT molecular complexity index is 825. The van der Waals surface area contributed by atoms with Crippen molar-refractivity contribution in [2.24, 2.45) is 7.05 Å². The minimum Gasteiger partial charge on any atom is -0.331 e. The van der Waals surface area contributed by atoms with E-state index in [0.29, 0.717) is 5.92 Å². The van der Waals surface area contributed by atoms with E-state index in [0.717, 1.165) is 50.4 Å². The number of piperidine rings is 1. The number of hydrogen-bond donors (Lipinski definition) is 0. The van der Waals surface area contributed by atoms with Crippen molar-refractivity contribution in [2.45, 2.75) is 38.8 Å². The van der Waals surface area contributed by atoms with E-state index in [1.165, 1.54) is 11.3 Å². The number of benzene rings is 1. The first-order chi connectivity index (χ1) is 11.8. The summed E-state index contributed by atoms with van der Waals surface area (Å²) in [5.41, 5.74) is 2.33.